The SMILES string of the molecule is NCC(Oc1ccccc1C(N)=O)c1cccc(F)c1. The lowest BCUT2D eigenvalue weighted by Gasteiger charge is -2.19. The molecule has 0 saturated carbocycles. The highest BCUT2D eigenvalue weighted by Crippen LogP contribution is 2.25. The molecular weight excluding hydrogens is 259 g/mol. The van der Waals surface area contributed by atoms with E-state index in [-0.39, 0.29) is 17.9 Å². The topological polar surface area (TPSA) is 78.3 Å². The second-order valence-electron chi connectivity index (χ2n) is 4.26. The number of amides is 1. The van der Waals surface area contributed by atoms with Crippen molar-refractivity contribution in [3.05, 3.63) is 65.5 Å². The second-order valence-corrected chi connectivity index (χ2v) is 4.26. The Bertz CT molecular complexity index is 616. The summed E-state index contributed by atoms with van der Waals surface area (Å²) in [5.74, 6) is -0.622. The number of carbonyl (C=O) groups is 1. The van der Waals surface area contributed by atoms with Crippen LogP contribution in [-0.4, -0.2) is 12.5 Å². The van der Waals surface area contributed by atoms with Crippen LogP contribution in [0.25, 0.3) is 0 Å². The zero-order chi connectivity index (χ0) is 14.5. The Balaban J connectivity index is 2.29. The molecule has 0 bridgehead atoms. The number of halogens is 1. The molecule has 0 heterocycles. The minimum Gasteiger partial charge on any atom is -0.484 e. The highest BCUT2D eigenvalue weighted by Gasteiger charge is 2.16. The molecule has 0 aliphatic rings. The zero-order valence-electron chi connectivity index (χ0n) is 10.8. The standard InChI is InChI=1S/C15H15FN2O2/c16-11-5-3-4-10(8-11)14(9-17)20-13-7-2-1-6-12(13)15(18)19/h1-8,14H,9,17H2,(H2,18,19). The number of rotatable bonds is 5. The maximum absolute atomic E-state index is 13.2. The van der Waals surface area contributed by atoms with Gasteiger partial charge in [-0.2, -0.15) is 0 Å². The van der Waals surface area contributed by atoms with E-state index in [1.54, 1.807) is 36.4 Å². The predicted molar refractivity (Wildman–Crippen MR) is 73.8 cm³/mol. The largest absolute Gasteiger partial charge is 0.484 e. The number of primary amides is 1. The van der Waals surface area contributed by atoms with Gasteiger partial charge in [0.05, 0.1) is 5.56 Å². The monoisotopic (exact) mass is 274 g/mol. The third kappa shape index (κ3) is 3.13. The van der Waals surface area contributed by atoms with Gasteiger partial charge in [0.2, 0.25) is 0 Å². The molecule has 0 spiro atoms. The summed E-state index contributed by atoms with van der Waals surface area (Å²) in [4.78, 5) is 11.3. The summed E-state index contributed by atoms with van der Waals surface area (Å²) in [6.45, 7) is 0.149. The maximum Gasteiger partial charge on any atom is 0.252 e. The van der Waals surface area contributed by atoms with Crippen molar-refractivity contribution in [3.8, 4) is 5.75 Å². The molecule has 2 aromatic carbocycles. The molecule has 4 nitrogen and oxygen atoms in total. The fraction of sp³-hybridized carbons (Fsp3) is 0.133. The molecule has 0 aliphatic carbocycles. The summed E-state index contributed by atoms with van der Waals surface area (Å²) in [5, 5.41) is 0. The molecule has 0 saturated heterocycles. The average molecular weight is 274 g/mol. The van der Waals surface area contributed by atoms with Crippen LogP contribution < -0.4 is 16.2 Å². The summed E-state index contributed by atoms with van der Waals surface area (Å²) in [5.41, 5.74) is 11.8. The molecule has 0 radical (unpaired) electrons. The van der Waals surface area contributed by atoms with Gasteiger partial charge >= 0.3 is 0 Å². The van der Waals surface area contributed by atoms with Crippen molar-refractivity contribution in [2.24, 2.45) is 11.5 Å². The molecule has 104 valence electrons. The van der Waals surface area contributed by atoms with Crippen molar-refractivity contribution >= 4 is 5.91 Å². The van der Waals surface area contributed by atoms with Crippen LogP contribution in [0.15, 0.2) is 48.5 Å². The van der Waals surface area contributed by atoms with Gasteiger partial charge in [-0.25, -0.2) is 4.39 Å². The number of hydrogen-bond acceptors (Lipinski definition) is 3. The van der Waals surface area contributed by atoms with E-state index in [0.717, 1.165) is 0 Å². The summed E-state index contributed by atoms with van der Waals surface area (Å²) < 4.78 is 18.9. The van der Waals surface area contributed by atoms with E-state index >= 15 is 0 Å². The van der Waals surface area contributed by atoms with Crippen molar-refractivity contribution in [3.63, 3.8) is 0 Å². The molecular formula is C15H15FN2O2. The van der Waals surface area contributed by atoms with Gasteiger partial charge in [0.15, 0.2) is 0 Å². The summed E-state index contributed by atoms with van der Waals surface area (Å²) in [7, 11) is 0. The highest BCUT2D eigenvalue weighted by molar-refractivity contribution is 5.95. The third-order valence-corrected chi connectivity index (χ3v) is 2.86. The van der Waals surface area contributed by atoms with Crippen molar-refractivity contribution in [1.82, 2.24) is 0 Å². The first-order chi connectivity index (χ1) is 9.61. The molecule has 2 rings (SSSR count). The van der Waals surface area contributed by atoms with Gasteiger partial charge in [0.25, 0.3) is 5.91 Å². The minimum absolute atomic E-state index is 0.149. The first kappa shape index (κ1) is 14.0. The van der Waals surface area contributed by atoms with Crippen molar-refractivity contribution in [1.29, 1.82) is 0 Å². The fourth-order valence-corrected chi connectivity index (χ4v) is 1.89. The normalized spacial score (nSPS) is 11.9. The van der Waals surface area contributed by atoms with Gasteiger partial charge in [0, 0.05) is 6.54 Å². The molecule has 1 amide bonds. The van der Waals surface area contributed by atoms with Gasteiger partial charge in [-0.1, -0.05) is 24.3 Å². The molecule has 2 aromatic rings. The molecule has 0 aliphatic heterocycles. The molecule has 1 atom stereocenters. The highest BCUT2D eigenvalue weighted by atomic mass is 19.1. The van der Waals surface area contributed by atoms with E-state index in [1.165, 1.54) is 12.1 Å². The Labute approximate surface area is 116 Å². The Morgan fingerprint density at radius 2 is 1.95 bits per heavy atom. The number of ether oxygens (including phenoxy) is 1. The number of carbonyl (C=O) groups excluding carboxylic acids is 1. The van der Waals surface area contributed by atoms with E-state index in [9.17, 15) is 9.18 Å². The lowest BCUT2D eigenvalue weighted by Crippen LogP contribution is -2.20. The van der Waals surface area contributed by atoms with Crippen LogP contribution in [0, 0.1) is 5.82 Å². The number of nitrogens with two attached hydrogens (primary N) is 2. The Hall–Kier alpha value is -2.40. The molecule has 1 unspecified atom stereocenters. The second kappa shape index (κ2) is 6.16. The predicted octanol–water partition coefficient (Wildman–Crippen LogP) is 2.00. The molecule has 4 N–H and O–H groups in total. The maximum atomic E-state index is 13.2. The van der Waals surface area contributed by atoms with E-state index < -0.39 is 12.0 Å². The average Bonchev–Trinajstić information content (AvgIpc) is 2.45. The van der Waals surface area contributed by atoms with Crippen molar-refractivity contribution < 1.29 is 13.9 Å². The van der Waals surface area contributed by atoms with Crippen molar-refractivity contribution in [2.45, 2.75) is 6.10 Å². The van der Waals surface area contributed by atoms with Gasteiger partial charge in [0.1, 0.15) is 17.7 Å². The Morgan fingerprint density at radius 1 is 1.20 bits per heavy atom. The number of benzene rings is 2. The first-order valence-electron chi connectivity index (χ1n) is 6.13. The van der Waals surface area contributed by atoms with Crippen LogP contribution in [0.5, 0.6) is 5.75 Å². The molecule has 20 heavy (non-hydrogen) atoms. The smallest absolute Gasteiger partial charge is 0.252 e. The third-order valence-electron chi connectivity index (χ3n) is 2.86. The lowest BCUT2D eigenvalue weighted by molar-refractivity contribution is 0.0993. The van der Waals surface area contributed by atoms with E-state index in [0.29, 0.717) is 11.3 Å². The van der Waals surface area contributed by atoms with Gasteiger partial charge < -0.3 is 16.2 Å². The quantitative estimate of drug-likeness (QED) is 0.875. The van der Waals surface area contributed by atoms with E-state index in [4.69, 9.17) is 16.2 Å². The van der Waals surface area contributed by atoms with Crippen LogP contribution in [0.1, 0.15) is 22.0 Å². The molecule has 0 fully saturated rings. The van der Waals surface area contributed by atoms with E-state index in [2.05, 4.69) is 0 Å². The fourth-order valence-electron chi connectivity index (χ4n) is 1.89. The van der Waals surface area contributed by atoms with Gasteiger partial charge in [-0.3, -0.25) is 4.79 Å². The van der Waals surface area contributed by atoms with Crippen molar-refractivity contribution in [2.75, 3.05) is 6.54 Å². The number of para-hydroxylation sites is 1. The summed E-state index contributed by atoms with van der Waals surface area (Å²) in [6.07, 6.45) is -0.550. The van der Waals surface area contributed by atoms with Crippen LogP contribution in [0.4, 0.5) is 4.39 Å². The van der Waals surface area contributed by atoms with Crippen LogP contribution >= 0.6 is 0 Å². The van der Waals surface area contributed by atoms with Gasteiger partial charge in [-0.15, -0.1) is 0 Å². The summed E-state index contributed by atoms with van der Waals surface area (Å²) >= 11 is 0. The molecule has 0 aromatic heterocycles. The zero-order valence-corrected chi connectivity index (χ0v) is 10.8. The first-order valence-corrected chi connectivity index (χ1v) is 6.13. The van der Waals surface area contributed by atoms with Crippen LogP contribution in [0.2, 0.25) is 0 Å². The lowest BCUT2D eigenvalue weighted by atomic mass is 10.1. The van der Waals surface area contributed by atoms with Crippen LogP contribution in [-0.2, 0) is 0 Å². The Kier molecular flexibility index (Phi) is 4.32. The van der Waals surface area contributed by atoms with Crippen LogP contribution in [0.3, 0.4) is 0 Å². The Morgan fingerprint density at radius 3 is 2.60 bits per heavy atom. The minimum atomic E-state index is -0.587. The number of hydrogen-bond donors (Lipinski definition) is 2. The van der Waals surface area contributed by atoms with Gasteiger partial charge in [-0.05, 0) is 29.8 Å². The summed E-state index contributed by atoms with van der Waals surface area (Å²) in [6, 6.07) is 12.6. The molecule has 5 heteroatoms. The van der Waals surface area contributed by atoms with E-state index in [1.807, 2.05) is 0 Å².